The third-order valence-corrected chi connectivity index (χ3v) is 6.26. The van der Waals surface area contributed by atoms with Gasteiger partial charge in [0.15, 0.2) is 11.5 Å². The molecule has 5 rings (SSSR count). The highest BCUT2D eigenvalue weighted by atomic mass is 19.4. The molecule has 0 bridgehead atoms. The number of carbonyl (C=O) groups is 1. The Labute approximate surface area is 193 Å². The van der Waals surface area contributed by atoms with Crippen LogP contribution in [0.5, 0.6) is 0 Å². The van der Waals surface area contributed by atoms with Gasteiger partial charge in [-0.15, -0.1) is 0 Å². The Kier molecular flexibility index (Phi) is 5.62. The molecule has 34 heavy (non-hydrogen) atoms. The number of fused-ring (bicyclic) bond motifs is 1. The number of hydrogen-bond donors (Lipinski definition) is 1. The zero-order valence-corrected chi connectivity index (χ0v) is 18.3. The normalized spacial score (nSPS) is 21.6. The minimum absolute atomic E-state index is 0.0206. The molecule has 1 N–H and O–H groups in total. The van der Waals surface area contributed by atoms with Crippen LogP contribution in [0.15, 0.2) is 43.0 Å². The van der Waals surface area contributed by atoms with Crippen molar-refractivity contribution >= 4 is 11.7 Å². The molecule has 3 aromatic heterocycles. The number of rotatable bonds is 5. The average Bonchev–Trinajstić information content (AvgIpc) is 3.60. The van der Waals surface area contributed by atoms with Gasteiger partial charge in [-0.1, -0.05) is 0 Å². The Morgan fingerprint density at radius 3 is 2.68 bits per heavy atom. The fourth-order valence-electron chi connectivity index (χ4n) is 4.43. The number of pyridine rings is 1. The standard InChI is InChI=1S/C23H22F3N7O/c1-13-3-4-17(21-28-5-2-6-29-21)20(31-13)22(34)33-12-15-7-14(15)8-16(33)9-30-19-11-27-10-18(32-19)23(24,25)26/h2-6,10-11,14-16H,7-9,12H2,1H3,(H,30,32)/t14-,15+,16+/m1/s1. The summed E-state index contributed by atoms with van der Waals surface area (Å²) >= 11 is 0. The molecule has 1 aliphatic heterocycles. The third kappa shape index (κ3) is 4.55. The topological polar surface area (TPSA) is 96.8 Å². The number of aromatic nitrogens is 5. The maximum atomic E-state index is 13.7. The lowest BCUT2D eigenvalue weighted by Crippen LogP contribution is -2.48. The first-order valence-corrected chi connectivity index (χ1v) is 11.0. The van der Waals surface area contributed by atoms with Crippen LogP contribution in [0.2, 0.25) is 0 Å². The Morgan fingerprint density at radius 2 is 1.91 bits per heavy atom. The second-order valence-electron chi connectivity index (χ2n) is 8.69. The summed E-state index contributed by atoms with van der Waals surface area (Å²) in [5.74, 6) is 1.15. The van der Waals surface area contributed by atoms with Crippen molar-refractivity contribution in [2.45, 2.75) is 32.0 Å². The van der Waals surface area contributed by atoms with Crippen LogP contribution >= 0.6 is 0 Å². The number of likely N-dealkylation sites (tertiary alicyclic amines) is 1. The van der Waals surface area contributed by atoms with Crippen LogP contribution in [0.25, 0.3) is 11.4 Å². The summed E-state index contributed by atoms with van der Waals surface area (Å²) in [5.41, 5.74) is 0.449. The molecule has 2 fully saturated rings. The number of anilines is 1. The predicted molar refractivity (Wildman–Crippen MR) is 117 cm³/mol. The number of hydrogen-bond acceptors (Lipinski definition) is 7. The fraction of sp³-hybridized carbons (Fsp3) is 0.391. The zero-order valence-electron chi connectivity index (χ0n) is 18.3. The number of carbonyl (C=O) groups excluding carboxylic acids is 1. The van der Waals surface area contributed by atoms with E-state index in [1.54, 1.807) is 35.5 Å². The van der Waals surface area contributed by atoms with E-state index < -0.39 is 11.9 Å². The number of piperidine rings is 1. The summed E-state index contributed by atoms with van der Waals surface area (Å²) in [7, 11) is 0. The van der Waals surface area contributed by atoms with Gasteiger partial charge in [-0.3, -0.25) is 9.78 Å². The van der Waals surface area contributed by atoms with E-state index in [0.29, 0.717) is 41.7 Å². The van der Waals surface area contributed by atoms with Crippen molar-refractivity contribution in [1.82, 2.24) is 29.8 Å². The molecule has 0 spiro atoms. The SMILES string of the molecule is Cc1ccc(-c2ncccn2)c(C(=O)N2C[C@@H]3C[C@@H]3C[C@H]2CNc2cncc(C(F)(F)F)n2)n1. The molecular formula is C23H22F3N7O. The van der Waals surface area contributed by atoms with Crippen molar-refractivity contribution in [3.63, 3.8) is 0 Å². The lowest BCUT2D eigenvalue weighted by Gasteiger charge is -2.36. The molecule has 0 radical (unpaired) electrons. The molecule has 1 saturated heterocycles. The van der Waals surface area contributed by atoms with Crippen LogP contribution in [0.1, 0.15) is 34.7 Å². The molecule has 3 aromatic rings. The highest BCUT2D eigenvalue weighted by Crippen LogP contribution is 2.47. The minimum Gasteiger partial charge on any atom is -0.367 e. The maximum absolute atomic E-state index is 13.7. The van der Waals surface area contributed by atoms with Gasteiger partial charge in [-0.25, -0.2) is 19.9 Å². The van der Waals surface area contributed by atoms with E-state index in [9.17, 15) is 18.0 Å². The van der Waals surface area contributed by atoms with Gasteiger partial charge in [0, 0.05) is 37.2 Å². The van der Waals surface area contributed by atoms with Crippen LogP contribution < -0.4 is 5.32 Å². The van der Waals surface area contributed by atoms with Gasteiger partial charge in [0.2, 0.25) is 0 Å². The molecule has 0 aromatic carbocycles. The van der Waals surface area contributed by atoms with Crippen molar-refractivity contribution in [3.05, 3.63) is 60.1 Å². The van der Waals surface area contributed by atoms with E-state index in [2.05, 4.69) is 30.2 Å². The number of nitrogens with zero attached hydrogens (tertiary/aromatic N) is 6. The van der Waals surface area contributed by atoms with Gasteiger partial charge in [0.05, 0.1) is 18.0 Å². The fourth-order valence-corrected chi connectivity index (χ4v) is 4.43. The van der Waals surface area contributed by atoms with Crippen molar-refractivity contribution < 1.29 is 18.0 Å². The van der Waals surface area contributed by atoms with E-state index in [4.69, 9.17) is 0 Å². The molecule has 11 heteroatoms. The summed E-state index contributed by atoms with van der Waals surface area (Å²) < 4.78 is 39.0. The van der Waals surface area contributed by atoms with Gasteiger partial charge in [-0.05, 0) is 49.8 Å². The Morgan fingerprint density at radius 1 is 1.12 bits per heavy atom. The highest BCUT2D eigenvalue weighted by molar-refractivity contribution is 5.98. The quantitative estimate of drug-likeness (QED) is 0.610. The molecule has 1 amide bonds. The van der Waals surface area contributed by atoms with Gasteiger partial charge in [0.1, 0.15) is 11.5 Å². The van der Waals surface area contributed by atoms with Crippen molar-refractivity contribution in [1.29, 1.82) is 0 Å². The molecule has 4 heterocycles. The summed E-state index contributed by atoms with van der Waals surface area (Å²) in [5, 5.41) is 2.95. The number of nitrogens with one attached hydrogen (secondary N) is 1. The third-order valence-electron chi connectivity index (χ3n) is 6.26. The monoisotopic (exact) mass is 469 g/mol. The first kappa shape index (κ1) is 22.2. The molecule has 1 aliphatic carbocycles. The van der Waals surface area contributed by atoms with E-state index in [1.807, 2.05) is 6.92 Å². The molecular weight excluding hydrogens is 447 g/mol. The number of aryl methyl sites for hydroxylation is 1. The Balaban J connectivity index is 1.40. The van der Waals surface area contributed by atoms with Crippen LogP contribution in [-0.2, 0) is 6.18 Å². The van der Waals surface area contributed by atoms with E-state index in [1.165, 1.54) is 6.20 Å². The second kappa shape index (κ2) is 8.62. The first-order chi connectivity index (χ1) is 16.3. The van der Waals surface area contributed by atoms with Gasteiger partial charge < -0.3 is 10.2 Å². The average molecular weight is 469 g/mol. The number of halogens is 3. The molecule has 0 unspecified atom stereocenters. The van der Waals surface area contributed by atoms with E-state index in [-0.39, 0.29) is 30.0 Å². The first-order valence-electron chi connectivity index (χ1n) is 11.0. The van der Waals surface area contributed by atoms with Crippen molar-refractivity contribution in [3.8, 4) is 11.4 Å². The Bertz CT molecular complexity index is 1200. The lowest BCUT2D eigenvalue weighted by atomic mass is 10.00. The largest absolute Gasteiger partial charge is 0.434 e. The maximum Gasteiger partial charge on any atom is 0.434 e. The summed E-state index contributed by atoms with van der Waals surface area (Å²) in [6.45, 7) is 2.65. The summed E-state index contributed by atoms with van der Waals surface area (Å²) in [6.07, 6.45) is 2.37. The number of amides is 1. The van der Waals surface area contributed by atoms with E-state index >= 15 is 0 Å². The summed E-state index contributed by atoms with van der Waals surface area (Å²) in [6, 6.07) is 5.07. The van der Waals surface area contributed by atoms with Crippen molar-refractivity contribution in [2.24, 2.45) is 11.8 Å². The van der Waals surface area contributed by atoms with E-state index in [0.717, 1.165) is 12.8 Å². The van der Waals surface area contributed by atoms with Crippen LogP contribution in [0.4, 0.5) is 19.0 Å². The molecule has 1 saturated carbocycles. The zero-order chi connectivity index (χ0) is 23.9. The van der Waals surface area contributed by atoms with Gasteiger partial charge in [0.25, 0.3) is 5.91 Å². The predicted octanol–water partition coefficient (Wildman–Crippen LogP) is 3.62. The van der Waals surface area contributed by atoms with Gasteiger partial charge >= 0.3 is 6.18 Å². The molecule has 8 nitrogen and oxygen atoms in total. The van der Waals surface area contributed by atoms with Crippen molar-refractivity contribution in [2.75, 3.05) is 18.4 Å². The number of alkyl halides is 3. The van der Waals surface area contributed by atoms with Crippen LogP contribution in [0.3, 0.4) is 0 Å². The second-order valence-corrected chi connectivity index (χ2v) is 8.69. The van der Waals surface area contributed by atoms with Crippen LogP contribution in [-0.4, -0.2) is 54.9 Å². The minimum atomic E-state index is -4.58. The van der Waals surface area contributed by atoms with Crippen LogP contribution in [0, 0.1) is 18.8 Å². The van der Waals surface area contributed by atoms with Gasteiger partial charge in [-0.2, -0.15) is 13.2 Å². The molecule has 3 atom stereocenters. The summed E-state index contributed by atoms with van der Waals surface area (Å²) in [4.78, 5) is 35.8. The Hall–Kier alpha value is -3.63. The molecule has 2 aliphatic rings. The smallest absolute Gasteiger partial charge is 0.367 e. The lowest BCUT2D eigenvalue weighted by molar-refractivity contribution is -0.141. The highest BCUT2D eigenvalue weighted by Gasteiger charge is 2.47. The molecule has 176 valence electrons.